The van der Waals surface area contributed by atoms with E-state index < -0.39 is 6.04 Å². The highest BCUT2D eigenvalue weighted by Crippen LogP contribution is 2.28. The number of hydrogen-bond donors (Lipinski definition) is 1. The molecule has 0 aliphatic heterocycles. The Balaban J connectivity index is 2.33. The summed E-state index contributed by atoms with van der Waals surface area (Å²) >= 11 is 12.2. The van der Waals surface area contributed by atoms with E-state index in [9.17, 15) is 4.79 Å². The highest BCUT2D eigenvalue weighted by molar-refractivity contribution is 6.31. The molecule has 2 aromatic carbocycles. The first-order chi connectivity index (χ1) is 10.1. The van der Waals surface area contributed by atoms with Crippen LogP contribution in [0.2, 0.25) is 10.0 Å². The largest absolute Gasteiger partial charge is 0.464 e. The van der Waals surface area contributed by atoms with E-state index in [0.29, 0.717) is 22.2 Å². The molecule has 110 valence electrons. The molecular weight excluding hydrogens is 309 g/mol. The zero-order valence-corrected chi connectivity index (χ0v) is 13.0. The fourth-order valence-corrected chi connectivity index (χ4v) is 2.38. The predicted octanol–water partition coefficient (Wildman–Crippen LogP) is 4.71. The number of carbonyl (C=O) groups excluding carboxylic acids is 1. The summed E-state index contributed by atoms with van der Waals surface area (Å²) in [6, 6.07) is 13.6. The van der Waals surface area contributed by atoms with Gasteiger partial charge in [0.05, 0.1) is 6.61 Å². The maximum Gasteiger partial charge on any atom is 0.333 e. The van der Waals surface area contributed by atoms with Crippen LogP contribution in [0.25, 0.3) is 0 Å². The van der Waals surface area contributed by atoms with Gasteiger partial charge in [-0.1, -0.05) is 47.5 Å². The molecule has 0 aromatic heterocycles. The lowest BCUT2D eigenvalue weighted by Gasteiger charge is -2.20. The molecule has 0 radical (unpaired) electrons. The molecule has 21 heavy (non-hydrogen) atoms. The number of halogens is 2. The van der Waals surface area contributed by atoms with Crippen molar-refractivity contribution >= 4 is 34.9 Å². The van der Waals surface area contributed by atoms with Crippen LogP contribution in [-0.2, 0) is 9.53 Å². The number of carbonyl (C=O) groups is 1. The van der Waals surface area contributed by atoms with Crippen molar-refractivity contribution in [3.05, 3.63) is 64.1 Å². The average Bonchev–Trinajstić information content (AvgIpc) is 2.46. The second-order valence-corrected chi connectivity index (χ2v) is 5.20. The van der Waals surface area contributed by atoms with Crippen LogP contribution in [0.15, 0.2) is 48.5 Å². The Morgan fingerprint density at radius 3 is 2.62 bits per heavy atom. The third-order valence-corrected chi connectivity index (χ3v) is 3.45. The van der Waals surface area contributed by atoms with Gasteiger partial charge in [0.25, 0.3) is 0 Å². The second kappa shape index (κ2) is 7.34. The van der Waals surface area contributed by atoms with Gasteiger partial charge >= 0.3 is 5.97 Å². The van der Waals surface area contributed by atoms with Gasteiger partial charge in [0.1, 0.15) is 0 Å². The summed E-state index contributed by atoms with van der Waals surface area (Å²) in [5.74, 6) is -0.384. The number of nitrogens with one attached hydrogen (secondary N) is 1. The Labute approximate surface area is 133 Å². The lowest BCUT2D eigenvalue weighted by molar-refractivity contribution is -0.144. The predicted molar refractivity (Wildman–Crippen MR) is 85.9 cm³/mol. The first-order valence-electron chi connectivity index (χ1n) is 6.55. The Kier molecular flexibility index (Phi) is 5.48. The molecule has 2 rings (SSSR count). The number of anilines is 1. The Hall–Kier alpha value is -1.71. The lowest BCUT2D eigenvalue weighted by atomic mass is 10.1. The quantitative estimate of drug-likeness (QED) is 0.810. The van der Waals surface area contributed by atoms with Crippen LogP contribution in [0, 0.1) is 0 Å². The number of esters is 1. The third-order valence-electron chi connectivity index (χ3n) is 2.87. The van der Waals surface area contributed by atoms with E-state index in [-0.39, 0.29) is 5.97 Å². The van der Waals surface area contributed by atoms with Crippen LogP contribution < -0.4 is 5.32 Å². The molecule has 0 fully saturated rings. The van der Waals surface area contributed by atoms with Crippen LogP contribution in [0.3, 0.4) is 0 Å². The molecule has 1 N–H and O–H groups in total. The average molecular weight is 324 g/mol. The van der Waals surface area contributed by atoms with Crippen molar-refractivity contribution in [1.82, 2.24) is 0 Å². The van der Waals surface area contributed by atoms with E-state index in [0.717, 1.165) is 5.69 Å². The van der Waals surface area contributed by atoms with E-state index in [1.807, 2.05) is 18.2 Å². The first kappa shape index (κ1) is 15.7. The van der Waals surface area contributed by atoms with Crippen molar-refractivity contribution < 1.29 is 9.53 Å². The fourth-order valence-electron chi connectivity index (χ4n) is 1.94. The maximum atomic E-state index is 12.2. The van der Waals surface area contributed by atoms with Crippen molar-refractivity contribution in [3.8, 4) is 0 Å². The van der Waals surface area contributed by atoms with Crippen LogP contribution in [0.1, 0.15) is 18.5 Å². The van der Waals surface area contributed by atoms with Crippen LogP contribution in [-0.4, -0.2) is 12.6 Å². The first-order valence-corrected chi connectivity index (χ1v) is 7.30. The Bertz CT molecular complexity index is 631. The maximum absolute atomic E-state index is 12.2. The minimum atomic E-state index is -0.683. The summed E-state index contributed by atoms with van der Waals surface area (Å²) in [4.78, 5) is 12.2. The molecule has 0 amide bonds. The Morgan fingerprint density at radius 2 is 1.95 bits per heavy atom. The van der Waals surface area contributed by atoms with Gasteiger partial charge in [-0.05, 0) is 31.2 Å². The summed E-state index contributed by atoms with van der Waals surface area (Å²) in [7, 11) is 0. The molecule has 1 unspecified atom stereocenters. The van der Waals surface area contributed by atoms with Gasteiger partial charge in [-0.2, -0.15) is 0 Å². The molecule has 0 saturated carbocycles. The lowest BCUT2D eigenvalue weighted by Crippen LogP contribution is -2.23. The van der Waals surface area contributed by atoms with Crippen molar-refractivity contribution in [3.63, 3.8) is 0 Å². The summed E-state index contributed by atoms with van der Waals surface area (Å²) < 4.78 is 5.12. The number of benzene rings is 2. The zero-order chi connectivity index (χ0) is 15.2. The summed E-state index contributed by atoms with van der Waals surface area (Å²) in [5.41, 5.74) is 1.39. The minimum absolute atomic E-state index is 0.303. The fraction of sp³-hybridized carbons (Fsp3) is 0.188. The summed E-state index contributed by atoms with van der Waals surface area (Å²) in [5, 5.41) is 4.21. The van der Waals surface area contributed by atoms with E-state index >= 15 is 0 Å². The minimum Gasteiger partial charge on any atom is -0.464 e. The van der Waals surface area contributed by atoms with Crippen LogP contribution in [0.5, 0.6) is 0 Å². The highest BCUT2D eigenvalue weighted by atomic mass is 35.5. The van der Waals surface area contributed by atoms with Gasteiger partial charge in [0, 0.05) is 21.3 Å². The highest BCUT2D eigenvalue weighted by Gasteiger charge is 2.24. The number of rotatable bonds is 5. The molecule has 2 aromatic rings. The molecule has 0 heterocycles. The van der Waals surface area contributed by atoms with Gasteiger partial charge < -0.3 is 10.1 Å². The normalized spacial score (nSPS) is 11.8. The third kappa shape index (κ3) is 4.13. The number of hydrogen-bond acceptors (Lipinski definition) is 3. The van der Waals surface area contributed by atoms with Gasteiger partial charge in [-0.15, -0.1) is 0 Å². The van der Waals surface area contributed by atoms with Crippen LogP contribution in [0.4, 0.5) is 5.69 Å². The van der Waals surface area contributed by atoms with E-state index in [1.165, 1.54) is 0 Å². The van der Waals surface area contributed by atoms with Crippen molar-refractivity contribution in [1.29, 1.82) is 0 Å². The molecule has 0 aliphatic carbocycles. The molecule has 0 bridgehead atoms. The number of ether oxygens (including phenoxy) is 1. The second-order valence-electron chi connectivity index (χ2n) is 4.36. The molecule has 1 atom stereocenters. The molecule has 0 aliphatic rings. The smallest absolute Gasteiger partial charge is 0.333 e. The topological polar surface area (TPSA) is 38.3 Å². The van der Waals surface area contributed by atoms with Crippen molar-refractivity contribution in [2.24, 2.45) is 0 Å². The SMILES string of the molecule is CCOC(=O)C(Nc1cccc(Cl)c1)c1ccccc1Cl. The summed E-state index contributed by atoms with van der Waals surface area (Å²) in [6.45, 7) is 2.07. The van der Waals surface area contributed by atoms with E-state index in [2.05, 4.69) is 5.32 Å². The summed E-state index contributed by atoms with van der Waals surface area (Å²) in [6.07, 6.45) is 0. The molecule has 0 spiro atoms. The van der Waals surface area contributed by atoms with E-state index in [1.54, 1.807) is 37.3 Å². The molecule has 3 nitrogen and oxygen atoms in total. The standard InChI is InChI=1S/C16H15Cl2NO2/c1-2-21-16(20)15(13-8-3-4-9-14(13)18)19-12-7-5-6-11(17)10-12/h3-10,15,19H,2H2,1H3. The van der Waals surface area contributed by atoms with Gasteiger partial charge in [-0.25, -0.2) is 4.79 Å². The molecular formula is C16H15Cl2NO2. The van der Waals surface area contributed by atoms with E-state index in [4.69, 9.17) is 27.9 Å². The molecule has 5 heteroatoms. The van der Waals surface area contributed by atoms with Crippen molar-refractivity contribution in [2.45, 2.75) is 13.0 Å². The monoisotopic (exact) mass is 323 g/mol. The van der Waals surface area contributed by atoms with Gasteiger partial charge in [0.2, 0.25) is 0 Å². The molecule has 0 saturated heterocycles. The Morgan fingerprint density at radius 1 is 1.19 bits per heavy atom. The van der Waals surface area contributed by atoms with Gasteiger partial charge in [-0.3, -0.25) is 0 Å². The zero-order valence-electron chi connectivity index (χ0n) is 11.5. The van der Waals surface area contributed by atoms with Crippen molar-refractivity contribution in [2.75, 3.05) is 11.9 Å². The van der Waals surface area contributed by atoms with Crippen LogP contribution >= 0.6 is 23.2 Å². The van der Waals surface area contributed by atoms with Gasteiger partial charge in [0.15, 0.2) is 6.04 Å².